The summed E-state index contributed by atoms with van der Waals surface area (Å²) in [5.41, 5.74) is 0. The number of halogens is 1. The zero-order valence-electron chi connectivity index (χ0n) is 18.6. The third-order valence-electron chi connectivity index (χ3n) is 5.00. The van der Waals surface area contributed by atoms with Crippen LogP contribution in [0.4, 0.5) is 0 Å². The van der Waals surface area contributed by atoms with Gasteiger partial charge in [0.05, 0.1) is 25.9 Å². The number of carbonyl (C=O) groups excluding carboxylic acids is 1. The van der Waals surface area contributed by atoms with E-state index in [4.69, 9.17) is 14.2 Å². The van der Waals surface area contributed by atoms with Gasteiger partial charge in [-0.2, -0.15) is 0 Å². The zero-order valence-corrected chi connectivity index (χ0v) is 20.9. The second-order valence-electron chi connectivity index (χ2n) is 7.68. The fraction of sp³-hybridized carbons (Fsp3) is 0.900. The number of hydrogen-bond donors (Lipinski definition) is 2. The summed E-state index contributed by atoms with van der Waals surface area (Å²) in [6.45, 7) is 8.62. The number of aliphatic imine (C=N–C) groups is 1. The zero-order chi connectivity index (χ0) is 20.7. The van der Waals surface area contributed by atoms with Gasteiger partial charge in [-0.1, -0.05) is 0 Å². The van der Waals surface area contributed by atoms with Crippen molar-refractivity contribution >= 4 is 35.8 Å². The highest BCUT2D eigenvalue weighted by Crippen LogP contribution is 2.11. The van der Waals surface area contributed by atoms with Gasteiger partial charge in [0, 0.05) is 53.5 Å². The van der Waals surface area contributed by atoms with Crippen LogP contribution in [0.2, 0.25) is 0 Å². The molecule has 1 atom stereocenters. The molecule has 2 N–H and O–H groups in total. The smallest absolute Gasteiger partial charge is 0.243 e. The van der Waals surface area contributed by atoms with E-state index in [0.717, 1.165) is 78.2 Å². The topological polar surface area (TPSA) is 87.7 Å². The Kier molecular flexibility index (Phi) is 15.4. The molecule has 0 saturated carbocycles. The van der Waals surface area contributed by atoms with Crippen molar-refractivity contribution < 1.29 is 19.0 Å². The quantitative estimate of drug-likeness (QED) is 0.161. The van der Waals surface area contributed by atoms with Crippen LogP contribution in [0.25, 0.3) is 0 Å². The third-order valence-corrected chi connectivity index (χ3v) is 5.00. The van der Waals surface area contributed by atoms with Crippen molar-refractivity contribution in [2.75, 3.05) is 86.4 Å². The van der Waals surface area contributed by atoms with Gasteiger partial charge in [-0.15, -0.1) is 24.0 Å². The van der Waals surface area contributed by atoms with E-state index in [1.165, 1.54) is 0 Å². The van der Waals surface area contributed by atoms with E-state index in [2.05, 4.69) is 20.5 Å². The SMILES string of the molecule is CN(C)C(=O)CN=C(NCCCOCC1CCCO1)NCCCN1CCOCC1.I. The van der Waals surface area contributed by atoms with Crippen molar-refractivity contribution in [3.8, 4) is 0 Å². The predicted octanol–water partition coefficient (Wildman–Crippen LogP) is 0.536. The number of carbonyl (C=O) groups is 1. The highest BCUT2D eigenvalue weighted by atomic mass is 127. The van der Waals surface area contributed by atoms with Crippen LogP contribution >= 0.6 is 24.0 Å². The van der Waals surface area contributed by atoms with Gasteiger partial charge >= 0.3 is 0 Å². The van der Waals surface area contributed by atoms with Crippen LogP contribution in [0.15, 0.2) is 4.99 Å². The summed E-state index contributed by atoms with van der Waals surface area (Å²) in [5.74, 6) is 0.667. The average Bonchev–Trinajstić information content (AvgIpc) is 3.25. The molecular formula is C20H40IN5O4. The first-order valence-corrected chi connectivity index (χ1v) is 10.9. The maximum absolute atomic E-state index is 11.8. The largest absolute Gasteiger partial charge is 0.379 e. The summed E-state index contributed by atoms with van der Waals surface area (Å²) in [5, 5.41) is 6.64. The maximum atomic E-state index is 11.8. The van der Waals surface area contributed by atoms with Crippen LogP contribution in [0.3, 0.4) is 0 Å². The van der Waals surface area contributed by atoms with Crippen LogP contribution < -0.4 is 10.6 Å². The van der Waals surface area contributed by atoms with Gasteiger partial charge in [-0.05, 0) is 32.2 Å². The van der Waals surface area contributed by atoms with Crippen LogP contribution in [0.1, 0.15) is 25.7 Å². The fourth-order valence-corrected chi connectivity index (χ4v) is 3.17. The lowest BCUT2D eigenvalue weighted by Gasteiger charge is -2.26. The van der Waals surface area contributed by atoms with Crippen molar-refractivity contribution in [2.45, 2.75) is 31.8 Å². The summed E-state index contributed by atoms with van der Waals surface area (Å²) >= 11 is 0. The molecule has 1 unspecified atom stereocenters. The molecule has 9 nitrogen and oxygen atoms in total. The molecule has 2 aliphatic heterocycles. The van der Waals surface area contributed by atoms with E-state index < -0.39 is 0 Å². The standard InChI is InChI=1S/C20H39N5O4.HI/c1-24(2)19(26)16-23-20(21-7-4-9-25-10-14-27-15-11-25)22-8-5-12-28-17-18-6-3-13-29-18;/h18H,3-17H2,1-2H3,(H2,21,22,23);1H. The molecule has 0 bridgehead atoms. The van der Waals surface area contributed by atoms with Crippen LogP contribution in [0.5, 0.6) is 0 Å². The van der Waals surface area contributed by atoms with Crippen LogP contribution in [-0.2, 0) is 19.0 Å². The molecule has 0 aromatic rings. The third kappa shape index (κ3) is 12.2. The molecule has 0 aromatic heterocycles. The number of nitrogens with zero attached hydrogens (tertiary/aromatic N) is 3. The van der Waals surface area contributed by atoms with Gasteiger partial charge in [0.1, 0.15) is 6.54 Å². The first-order chi connectivity index (χ1) is 14.1. The minimum Gasteiger partial charge on any atom is -0.379 e. The Morgan fingerprint density at radius 3 is 2.57 bits per heavy atom. The molecule has 30 heavy (non-hydrogen) atoms. The van der Waals surface area contributed by atoms with Gasteiger partial charge in [0.15, 0.2) is 5.96 Å². The summed E-state index contributed by atoms with van der Waals surface area (Å²) in [7, 11) is 3.48. The van der Waals surface area contributed by atoms with Crippen molar-refractivity contribution in [3.63, 3.8) is 0 Å². The molecule has 0 aromatic carbocycles. The lowest BCUT2D eigenvalue weighted by molar-refractivity contribution is -0.127. The van der Waals surface area contributed by atoms with Crippen molar-refractivity contribution in [2.24, 2.45) is 4.99 Å². The first kappa shape index (κ1) is 27.3. The second kappa shape index (κ2) is 16.9. The Hall–Kier alpha value is -0.690. The highest BCUT2D eigenvalue weighted by molar-refractivity contribution is 14.0. The van der Waals surface area contributed by atoms with E-state index >= 15 is 0 Å². The highest BCUT2D eigenvalue weighted by Gasteiger charge is 2.15. The molecule has 0 spiro atoms. The second-order valence-corrected chi connectivity index (χ2v) is 7.68. The monoisotopic (exact) mass is 541 g/mol. The molecule has 1 amide bonds. The maximum Gasteiger partial charge on any atom is 0.243 e. The molecule has 2 fully saturated rings. The van der Waals surface area contributed by atoms with Crippen molar-refractivity contribution in [3.05, 3.63) is 0 Å². The molecule has 2 heterocycles. The Bertz CT molecular complexity index is 484. The number of ether oxygens (including phenoxy) is 3. The van der Waals surface area contributed by atoms with Gasteiger partial charge in [0.25, 0.3) is 0 Å². The van der Waals surface area contributed by atoms with E-state index in [9.17, 15) is 4.79 Å². The van der Waals surface area contributed by atoms with Crippen molar-refractivity contribution in [1.82, 2.24) is 20.4 Å². The number of guanidine groups is 1. The van der Waals surface area contributed by atoms with Crippen LogP contribution in [0, 0.1) is 0 Å². The number of hydrogen-bond acceptors (Lipinski definition) is 6. The Balaban J connectivity index is 0.00000450. The average molecular weight is 541 g/mol. The number of likely N-dealkylation sites (N-methyl/N-ethyl adjacent to an activating group) is 1. The van der Waals surface area contributed by atoms with E-state index in [0.29, 0.717) is 19.2 Å². The van der Waals surface area contributed by atoms with E-state index in [-0.39, 0.29) is 42.5 Å². The van der Waals surface area contributed by atoms with Crippen molar-refractivity contribution in [1.29, 1.82) is 0 Å². The molecule has 176 valence electrons. The lowest BCUT2D eigenvalue weighted by Crippen LogP contribution is -2.41. The summed E-state index contributed by atoms with van der Waals surface area (Å²) < 4.78 is 16.6. The summed E-state index contributed by atoms with van der Waals surface area (Å²) in [6, 6.07) is 0. The first-order valence-electron chi connectivity index (χ1n) is 10.9. The molecular weight excluding hydrogens is 501 g/mol. The Morgan fingerprint density at radius 2 is 1.90 bits per heavy atom. The summed E-state index contributed by atoms with van der Waals surface area (Å²) in [6.07, 6.45) is 4.40. The molecule has 2 saturated heterocycles. The van der Waals surface area contributed by atoms with Gasteiger partial charge in [-0.25, -0.2) is 4.99 Å². The minimum absolute atomic E-state index is 0. The lowest BCUT2D eigenvalue weighted by atomic mass is 10.2. The predicted molar refractivity (Wildman–Crippen MR) is 129 cm³/mol. The molecule has 2 aliphatic rings. The van der Waals surface area contributed by atoms with Gasteiger partial charge in [0.2, 0.25) is 5.91 Å². The number of rotatable bonds is 12. The minimum atomic E-state index is -0.0145. The summed E-state index contributed by atoms with van der Waals surface area (Å²) in [4.78, 5) is 20.2. The Morgan fingerprint density at radius 1 is 1.17 bits per heavy atom. The molecule has 2 rings (SSSR count). The van der Waals surface area contributed by atoms with Gasteiger partial charge < -0.3 is 29.7 Å². The Labute approximate surface area is 198 Å². The van der Waals surface area contributed by atoms with Crippen LogP contribution in [-0.4, -0.2) is 114 Å². The normalized spacial score (nSPS) is 19.9. The van der Waals surface area contributed by atoms with E-state index in [1.54, 1.807) is 19.0 Å². The molecule has 0 radical (unpaired) electrons. The van der Waals surface area contributed by atoms with E-state index in [1.807, 2.05) is 0 Å². The fourth-order valence-electron chi connectivity index (χ4n) is 3.17. The number of morpholine rings is 1. The van der Waals surface area contributed by atoms with Gasteiger partial charge in [-0.3, -0.25) is 9.69 Å². The number of amides is 1. The molecule has 10 heteroatoms. The number of nitrogens with one attached hydrogen (secondary N) is 2. The molecule has 0 aliphatic carbocycles.